The van der Waals surface area contributed by atoms with Crippen molar-refractivity contribution in [1.82, 2.24) is 4.98 Å². The van der Waals surface area contributed by atoms with Gasteiger partial charge in [-0.15, -0.1) is 0 Å². The van der Waals surface area contributed by atoms with Crippen LogP contribution in [0, 0.1) is 0 Å². The molecule has 0 atom stereocenters. The molecule has 0 aliphatic rings. The Labute approximate surface area is 130 Å². The molecule has 1 N–H and O–H groups in total. The molecule has 0 unspecified atom stereocenters. The van der Waals surface area contributed by atoms with Crippen molar-refractivity contribution in [2.45, 2.75) is 13.8 Å². The van der Waals surface area contributed by atoms with E-state index in [4.69, 9.17) is 16.3 Å². The third kappa shape index (κ3) is 4.31. The Kier molecular flexibility index (Phi) is 6.67. The van der Waals surface area contributed by atoms with Gasteiger partial charge in [0.2, 0.25) is 0 Å². The van der Waals surface area contributed by atoms with Crippen LogP contribution >= 0.6 is 27.5 Å². The molecule has 0 aromatic carbocycles. The fourth-order valence-electron chi connectivity index (χ4n) is 1.34. The molecule has 0 saturated carbocycles. The first-order valence-corrected chi connectivity index (χ1v) is 7.09. The Bertz CT molecular complexity index is 559. The highest BCUT2D eigenvalue weighted by molar-refractivity contribution is 9.10. The minimum absolute atomic E-state index is 0.0597. The van der Waals surface area contributed by atoms with Gasteiger partial charge in [0.1, 0.15) is 16.5 Å². The van der Waals surface area contributed by atoms with Gasteiger partial charge in [-0.2, -0.15) is 0 Å². The molecule has 1 heterocycles. The molecule has 0 bridgehead atoms. The van der Waals surface area contributed by atoms with Gasteiger partial charge in [-0.1, -0.05) is 11.6 Å². The van der Waals surface area contributed by atoms with E-state index in [0.717, 1.165) is 0 Å². The summed E-state index contributed by atoms with van der Waals surface area (Å²) in [6.07, 6.45) is 2.76. The zero-order valence-electron chi connectivity index (χ0n) is 11.1. The predicted octanol–water partition coefficient (Wildman–Crippen LogP) is 3.42. The number of carbonyl (C=O) groups excluding carboxylic acids is 1. The van der Waals surface area contributed by atoms with E-state index in [2.05, 4.69) is 25.9 Å². The molecule has 108 valence electrons. The molecule has 0 aliphatic carbocycles. The first-order chi connectivity index (χ1) is 9.51. The van der Waals surface area contributed by atoms with Crippen molar-refractivity contribution in [3.63, 3.8) is 0 Å². The van der Waals surface area contributed by atoms with Gasteiger partial charge in [0.05, 0.1) is 12.2 Å². The molecular formula is C13H14BrClN2O3. The number of carbonyl (C=O) groups is 1. The predicted molar refractivity (Wildman–Crippen MR) is 82.2 cm³/mol. The van der Waals surface area contributed by atoms with Crippen molar-refractivity contribution in [3.05, 3.63) is 33.0 Å². The Morgan fingerprint density at radius 2 is 2.30 bits per heavy atom. The smallest absolute Gasteiger partial charge is 0.343 e. The maximum atomic E-state index is 11.9. The number of hydrogen-bond donors (Lipinski definition) is 1. The third-order valence-corrected chi connectivity index (χ3v) is 2.95. The highest BCUT2D eigenvalue weighted by Crippen LogP contribution is 2.25. The van der Waals surface area contributed by atoms with Crippen molar-refractivity contribution in [3.8, 4) is 0 Å². The van der Waals surface area contributed by atoms with Crippen LogP contribution in [0.25, 0.3) is 5.76 Å². The lowest BCUT2D eigenvalue weighted by molar-refractivity contribution is -0.137. The maximum Gasteiger partial charge on any atom is 0.343 e. The second-order valence-electron chi connectivity index (χ2n) is 3.60. The van der Waals surface area contributed by atoms with Gasteiger partial charge in [0.25, 0.3) is 0 Å². The molecule has 1 rings (SSSR count). The Morgan fingerprint density at radius 1 is 1.60 bits per heavy atom. The summed E-state index contributed by atoms with van der Waals surface area (Å²) in [7, 11) is 0. The summed E-state index contributed by atoms with van der Waals surface area (Å²) >= 11 is 9.16. The minimum Gasteiger partial charge on any atom is -0.506 e. The summed E-state index contributed by atoms with van der Waals surface area (Å²) in [4.78, 5) is 19.7. The number of nitrogens with zero attached hydrogens (tertiary/aromatic N) is 2. The van der Waals surface area contributed by atoms with Crippen LogP contribution in [0.15, 0.2) is 27.3 Å². The average Bonchev–Trinajstić information content (AvgIpc) is 2.42. The molecule has 1 aromatic heterocycles. The van der Waals surface area contributed by atoms with Gasteiger partial charge in [0, 0.05) is 23.4 Å². The number of aliphatic imine (C=N–C) groups is 1. The molecule has 0 spiro atoms. The SMILES string of the molecule is CCN=CC(C(=O)OCC)=C(O)c1cc(Br)cnc1Cl. The molecule has 0 saturated heterocycles. The van der Waals surface area contributed by atoms with E-state index < -0.39 is 5.97 Å². The topological polar surface area (TPSA) is 71.8 Å². The Balaban J connectivity index is 3.35. The minimum atomic E-state index is -0.668. The van der Waals surface area contributed by atoms with Gasteiger partial charge in [-0.05, 0) is 35.8 Å². The first kappa shape index (κ1) is 16.7. The zero-order valence-corrected chi connectivity index (χ0v) is 13.4. The Hall–Kier alpha value is -1.40. The van der Waals surface area contributed by atoms with Crippen LogP contribution < -0.4 is 0 Å². The number of aromatic nitrogens is 1. The summed E-state index contributed by atoms with van der Waals surface area (Å²) in [5, 5.41) is 10.3. The second kappa shape index (κ2) is 8.01. The summed E-state index contributed by atoms with van der Waals surface area (Å²) in [6, 6.07) is 1.56. The number of aliphatic hydroxyl groups excluding tert-OH is 1. The van der Waals surface area contributed by atoms with Gasteiger partial charge < -0.3 is 9.84 Å². The zero-order chi connectivity index (χ0) is 15.1. The number of esters is 1. The van der Waals surface area contributed by atoms with Gasteiger partial charge in [0.15, 0.2) is 0 Å². The maximum absolute atomic E-state index is 11.9. The Morgan fingerprint density at radius 3 is 2.90 bits per heavy atom. The number of ether oxygens (including phenoxy) is 1. The number of hydrogen-bond acceptors (Lipinski definition) is 5. The van der Waals surface area contributed by atoms with E-state index in [0.29, 0.717) is 11.0 Å². The van der Waals surface area contributed by atoms with E-state index in [1.807, 2.05) is 6.92 Å². The highest BCUT2D eigenvalue weighted by Gasteiger charge is 2.18. The molecule has 0 amide bonds. The first-order valence-electron chi connectivity index (χ1n) is 5.92. The standard InChI is InChI=1S/C13H14BrClN2O3/c1-3-16-7-10(13(19)20-4-2)11(18)9-5-8(14)6-17-12(9)15/h5-7,18H,3-4H2,1-2H3. The van der Waals surface area contributed by atoms with Crippen LogP contribution in [0.5, 0.6) is 0 Å². The van der Waals surface area contributed by atoms with Crippen LogP contribution in [0.4, 0.5) is 0 Å². The van der Waals surface area contributed by atoms with E-state index in [1.54, 1.807) is 13.0 Å². The summed E-state index contributed by atoms with van der Waals surface area (Å²) in [5.41, 5.74) is 0.169. The fraction of sp³-hybridized carbons (Fsp3) is 0.308. The number of pyridine rings is 1. The van der Waals surface area contributed by atoms with Crippen molar-refractivity contribution in [1.29, 1.82) is 0 Å². The van der Waals surface area contributed by atoms with E-state index >= 15 is 0 Å². The van der Waals surface area contributed by atoms with Gasteiger partial charge >= 0.3 is 5.97 Å². The van der Waals surface area contributed by atoms with Crippen LogP contribution in [-0.4, -0.2) is 35.4 Å². The van der Waals surface area contributed by atoms with E-state index in [-0.39, 0.29) is 28.7 Å². The molecular weight excluding hydrogens is 348 g/mol. The number of rotatable bonds is 5. The van der Waals surface area contributed by atoms with Crippen molar-refractivity contribution >= 4 is 45.5 Å². The van der Waals surface area contributed by atoms with Crippen molar-refractivity contribution in [2.75, 3.05) is 13.2 Å². The molecule has 20 heavy (non-hydrogen) atoms. The fourth-order valence-corrected chi connectivity index (χ4v) is 1.86. The third-order valence-electron chi connectivity index (χ3n) is 2.21. The second-order valence-corrected chi connectivity index (χ2v) is 4.88. The summed E-state index contributed by atoms with van der Waals surface area (Å²) in [6.45, 7) is 4.15. The van der Waals surface area contributed by atoms with Crippen LogP contribution in [0.1, 0.15) is 19.4 Å². The molecule has 0 aliphatic heterocycles. The molecule has 5 nitrogen and oxygen atoms in total. The van der Waals surface area contributed by atoms with Crippen LogP contribution in [-0.2, 0) is 9.53 Å². The van der Waals surface area contributed by atoms with Crippen LogP contribution in [0.3, 0.4) is 0 Å². The molecule has 1 aromatic rings. The molecule has 0 radical (unpaired) electrons. The largest absolute Gasteiger partial charge is 0.506 e. The normalized spacial score (nSPS) is 12.4. The summed E-state index contributed by atoms with van der Waals surface area (Å²) in [5.74, 6) is -0.988. The number of aliphatic hydroxyl groups is 1. The van der Waals surface area contributed by atoms with Gasteiger partial charge in [-0.3, -0.25) is 4.99 Å². The lowest BCUT2D eigenvalue weighted by Crippen LogP contribution is -2.11. The quantitative estimate of drug-likeness (QED) is 0.287. The average molecular weight is 362 g/mol. The molecule has 7 heteroatoms. The monoisotopic (exact) mass is 360 g/mol. The number of halogens is 2. The molecule has 0 fully saturated rings. The highest BCUT2D eigenvalue weighted by atomic mass is 79.9. The lowest BCUT2D eigenvalue weighted by atomic mass is 10.1. The van der Waals surface area contributed by atoms with Gasteiger partial charge in [-0.25, -0.2) is 9.78 Å². The van der Waals surface area contributed by atoms with Crippen molar-refractivity contribution in [2.24, 2.45) is 4.99 Å². The van der Waals surface area contributed by atoms with E-state index in [1.165, 1.54) is 12.4 Å². The van der Waals surface area contributed by atoms with Crippen molar-refractivity contribution < 1.29 is 14.6 Å². The lowest BCUT2D eigenvalue weighted by Gasteiger charge is -2.08. The van der Waals surface area contributed by atoms with Crippen LogP contribution in [0.2, 0.25) is 5.15 Å². The van der Waals surface area contributed by atoms with E-state index in [9.17, 15) is 9.90 Å². The summed E-state index contributed by atoms with van der Waals surface area (Å²) < 4.78 is 5.51.